The second-order valence-corrected chi connectivity index (χ2v) is 9.78. The van der Waals surface area contributed by atoms with Gasteiger partial charge in [-0.15, -0.1) is 0 Å². The van der Waals surface area contributed by atoms with Crippen LogP contribution in [0.25, 0.3) is 0 Å². The van der Waals surface area contributed by atoms with Crippen LogP contribution >= 0.6 is 0 Å². The predicted octanol–water partition coefficient (Wildman–Crippen LogP) is 4.52. The van der Waals surface area contributed by atoms with Crippen molar-refractivity contribution < 1.29 is 17.9 Å². The summed E-state index contributed by atoms with van der Waals surface area (Å²) in [6.45, 7) is 3.95. The van der Waals surface area contributed by atoms with Crippen molar-refractivity contribution in [3.63, 3.8) is 0 Å². The second-order valence-electron chi connectivity index (χ2n) is 8.09. The van der Waals surface area contributed by atoms with Crippen molar-refractivity contribution >= 4 is 21.6 Å². The van der Waals surface area contributed by atoms with Crippen molar-refractivity contribution in [1.82, 2.24) is 5.32 Å². The lowest BCUT2D eigenvalue weighted by Gasteiger charge is -2.38. The average Bonchev–Trinajstić information content (AvgIpc) is 2.73. The number of ether oxygens (including phenoxy) is 1. The fraction of sp³-hybridized carbons (Fsp3) is 0.208. The quantitative estimate of drug-likeness (QED) is 0.616. The molecule has 4 rings (SSSR count). The first kappa shape index (κ1) is 20.9. The predicted molar refractivity (Wildman–Crippen MR) is 120 cm³/mol. The molecule has 0 saturated heterocycles. The van der Waals surface area contributed by atoms with Crippen LogP contribution in [0, 0.1) is 0 Å². The first-order valence-corrected chi connectivity index (χ1v) is 11.5. The number of carbonyl (C=O) groups excluding carboxylic acids is 1. The van der Waals surface area contributed by atoms with Gasteiger partial charge in [-0.2, -0.15) is 0 Å². The lowest BCUT2D eigenvalue weighted by atomic mass is 9.89. The third-order valence-electron chi connectivity index (χ3n) is 5.15. The zero-order valence-electron chi connectivity index (χ0n) is 17.3. The molecule has 1 atom stereocenters. The molecule has 31 heavy (non-hydrogen) atoms. The molecule has 0 fully saturated rings. The van der Waals surface area contributed by atoms with Gasteiger partial charge in [0, 0.05) is 12.0 Å². The van der Waals surface area contributed by atoms with Gasteiger partial charge in [-0.25, -0.2) is 8.42 Å². The van der Waals surface area contributed by atoms with Gasteiger partial charge in [0.05, 0.1) is 22.2 Å². The maximum Gasteiger partial charge on any atom is 0.261 e. The largest absolute Gasteiger partial charge is 0.487 e. The molecule has 0 saturated carbocycles. The Hall–Kier alpha value is -3.32. The molecule has 1 heterocycles. The number of fused-ring (bicyclic) bond motifs is 1. The van der Waals surface area contributed by atoms with Crippen LogP contribution < -0.4 is 14.8 Å². The van der Waals surface area contributed by atoms with Crippen molar-refractivity contribution in [3.05, 3.63) is 90.0 Å². The number of carbonyl (C=O) groups is 1. The Morgan fingerprint density at radius 2 is 1.58 bits per heavy atom. The Labute approximate surface area is 182 Å². The summed E-state index contributed by atoms with van der Waals surface area (Å²) in [6.07, 6.45) is 0.591. The molecular weight excluding hydrogens is 412 g/mol. The highest BCUT2D eigenvalue weighted by molar-refractivity contribution is 7.92. The molecule has 0 aliphatic carbocycles. The van der Waals surface area contributed by atoms with Crippen LogP contribution in [-0.4, -0.2) is 19.9 Å². The first-order chi connectivity index (χ1) is 14.8. The van der Waals surface area contributed by atoms with E-state index in [0.29, 0.717) is 6.42 Å². The molecule has 1 aliphatic rings. The lowest BCUT2D eigenvalue weighted by molar-refractivity contribution is 0.0620. The van der Waals surface area contributed by atoms with Crippen LogP contribution in [0.1, 0.15) is 42.2 Å². The van der Waals surface area contributed by atoms with Crippen LogP contribution in [0.2, 0.25) is 0 Å². The number of sulfonamides is 1. The molecule has 6 nitrogen and oxygen atoms in total. The molecule has 7 heteroatoms. The van der Waals surface area contributed by atoms with Crippen LogP contribution in [0.4, 0.5) is 5.69 Å². The van der Waals surface area contributed by atoms with E-state index in [2.05, 4.69) is 10.0 Å². The van der Waals surface area contributed by atoms with E-state index in [1.807, 2.05) is 38.1 Å². The number of rotatable bonds is 5. The Balaban J connectivity index is 1.61. The summed E-state index contributed by atoms with van der Waals surface area (Å²) >= 11 is 0. The highest BCUT2D eigenvalue weighted by Crippen LogP contribution is 2.39. The molecular formula is C24H24N2O4S. The van der Waals surface area contributed by atoms with E-state index in [-0.39, 0.29) is 28.1 Å². The minimum atomic E-state index is -3.82. The summed E-state index contributed by atoms with van der Waals surface area (Å²) in [4.78, 5) is 13.3. The number of hydrogen-bond acceptors (Lipinski definition) is 4. The van der Waals surface area contributed by atoms with Gasteiger partial charge in [-0.1, -0.05) is 48.5 Å². The smallest absolute Gasteiger partial charge is 0.261 e. The number of amides is 1. The molecule has 3 aromatic carbocycles. The SMILES string of the molecule is CC1(C)CC(NC(=O)c2ccccc2NS(=O)(=O)c2ccccc2)c2ccccc2O1. The van der Waals surface area contributed by atoms with E-state index in [0.717, 1.165) is 11.3 Å². The van der Waals surface area contributed by atoms with Gasteiger partial charge in [-0.05, 0) is 44.2 Å². The number of nitrogens with one attached hydrogen (secondary N) is 2. The number of anilines is 1. The van der Waals surface area contributed by atoms with Crippen LogP contribution in [0.15, 0.2) is 83.8 Å². The van der Waals surface area contributed by atoms with E-state index in [1.54, 1.807) is 42.5 Å². The molecule has 0 aromatic heterocycles. The molecule has 0 spiro atoms. The monoisotopic (exact) mass is 436 g/mol. The highest BCUT2D eigenvalue weighted by atomic mass is 32.2. The van der Waals surface area contributed by atoms with Crippen molar-refractivity contribution in [3.8, 4) is 5.75 Å². The molecule has 160 valence electrons. The number of benzene rings is 3. The molecule has 0 bridgehead atoms. The number of para-hydroxylation sites is 2. The first-order valence-electron chi connectivity index (χ1n) is 10.0. The minimum Gasteiger partial charge on any atom is -0.487 e. The van der Waals surface area contributed by atoms with Gasteiger partial charge in [0.1, 0.15) is 11.4 Å². The third kappa shape index (κ3) is 4.56. The van der Waals surface area contributed by atoms with Crippen LogP contribution in [-0.2, 0) is 10.0 Å². The number of hydrogen-bond donors (Lipinski definition) is 2. The molecule has 1 unspecified atom stereocenters. The Bertz CT molecular complexity index is 1210. The molecule has 1 aliphatic heterocycles. The summed E-state index contributed by atoms with van der Waals surface area (Å²) in [5.41, 5.74) is 0.936. The van der Waals surface area contributed by atoms with Crippen LogP contribution in [0.5, 0.6) is 5.75 Å². The van der Waals surface area contributed by atoms with Gasteiger partial charge in [0.15, 0.2) is 0 Å². The van der Waals surface area contributed by atoms with E-state index < -0.39 is 15.6 Å². The fourth-order valence-electron chi connectivity index (χ4n) is 3.74. The fourth-order valence-corrected chi connectivity index (χ4v) is 4.84. The van der Waals surface area contributed by atoms with Gasteiger partial charge in [-0.3, -0.25) is 9.52 Å². The van der Waals surface area contributed by atoms with Gasteiger partial charge >= 0.3 is 0 Å². The Morgan fingerprint density at radius 1 is 0.935 bits per heavy atom. The summed E-state index contributed by atoms with van der Waals surface area (Å²) in [6, 6.07) is 22.0. The second kappa shape index (κ2) is 8.07. The maximum atomic E-state index is 13.2. The van der Waals surface area contributed by atoms with E-state index in [1.165, 1.54) is 12.1 Å². The Kier molecular flexibility index (Phi) is 5.45. The summed E-state index contributed by atoms with van der Waals surface area (Å²) in [5.74, 6) is 0.381. The standard InChI is InChI=1S/C24H24N2O4S/c1-24(2)16-21(18-12-7-9-15-22(18)30-24)25-23(27)19-13-6-8-14-20(19)26-31(28,29)17-10-4-3-5-11-17/h3-15,21,26H,16H2,1-2H3,(H,25,27). The van der Waals surface area contributed by atoms with Gasteiger partial charge in [0.25, 0.3) is 15.9 Å². The zero-order valence-corrected chi connectivity index (χ0v) is 18.1. The highest BCUT2D eigenvalue weighted by Gasteiger charge is 2.34. The lowest BCUT2D eigenvalue weighted by Crippen LogP contribution is -2.41. The summed E-state index contributed by atoms with van der Waals surface area (Å²) in [5, 5.41) is 3.06. The third-order valence-corrected chi connectivity index (χ3v) is 6.53. The van der Waals surface area contributed by atoms with Crippen LogP contribution in [0.3, 0.4) is 0 Å². The van der Waals surface area contributed by atoms with E-state index in [9.17, 15) is 13.2 Å². The van der Waals surface area contributed by atoms with Crippen molar-refractivity contribution in [2.24, 2.45) is 0 Å². The molecule has 0 radical (unpaired) electrons. The maximum absolute atomic E-state index is 13.2. The average molecular weight is 437 g/mol. The zero-order chi connectivity index (χ0) is 22.1. The van der Waals surface area contributed by atoms with Crippen molar-refractivity contribution in [1.29, 1.82) is 0 Å². The molecule has 3 aromatic rings. The van der Waals surface area contributed by atoms with E-state index in [4.69, 9.17) is 4.74 Å². The molecule has 2 N–H and O–H groups in total. The Morgan fingerprint density at radius 3 is 2.35 bits per heavy atom. The van der Waals surface area contributed by atoms with Gasteiger partial charge < -0.3 is 10.1 Å². The van der Waals surface area contributed by atoms with Crippen molar-refractivity contribution in [2.75, 3.05) is 4.72 Å². The normalized spacial score (nSPS) is 17.2. The topological polar surface area (TPSA) is 84.5 Å². The van der Waals surface area contributed by atoms with Gasteiger partial charge in [0.2, 0.25) is 0 Å². The minimum absolute atomic E-state index is 0.130. The summed E-state index contributed by atoms with van der Waals surface area (Å²) in [7, 11) is -3.82. The van der Waals surface area contributed by atoms with E-state index >= 15 is 0 Å². The molecule has 1 amide bonds. The van der Waals surface area contributed by atoms with Crippen molar-refractivity contribution in [2.45, 2.75) is 36.8 Å². The summed E-state index contributed by atoms with van der Waals surface area (Å²) < 4.78 is 34.1.